The Kier molecular flexibility index (Phi) is 19.0. The van der Waals surface area contributed by atoms with Crippen LogP contribution in [0.4, 0.5) is 0 Å². The summed E-state index contributed by atoms with van der Waals surface area (Å²) in [6, 6.07) is 0. The van der Waals surface area contributed by atoms with Gasteiger partial charge in [0.25, 0.3) is 0 Å². The second kappa shape index (κ2) is 17.3. The molecule has 0 heterocycles. The molecule has 0 aliphatic heterocycles. The Morgan fingerprint density at radius 1 is 0.727 bits per heavy atom. The molecule has 0 bridgehead atoms. The summed E-state index contributed by atoms with van der Waals surface area (Å²) in [5, 5.41) is 17.5. The van der Waals surface area contributed by atoms with Gasteiger partial charge in [-0.2, -0.15) is 0 Å². The fraction of sp³-hybridized carbons (Fsp3) is 0.882. The molecule has 0 aromatic heterocycles. The minimum atomic E-state index is -1.23. The van der Waals surface area contributed by atoms with Crippen molar-refractivity contribution in [1.82, 2.24) is 0 Å². The van der Waals surface area contributed by atoms with Crippen LogP contribution >= 0.6 is 0 Å². The third-order valence-electron chi connectivity index (χ3n) is 3.94. The Labute approximate surface area is 158 Å². The molecule has 0 rings (SSSR count). The molecule has 5 heteroatoms. The van der Waals surface area contributed by atoms with Gasteiger partial charge in [0.1, 0.15) is 0 Å². The van der Waals surface area contributed by atoms with Crippen molar-refractivity contribution >= 4 is 11.9 Å². The van der Waals surface area contributed by atoms with E-state index in [1.54, 1.807) is 0 Å². The second-order valence-corrected chi connectivity index (χ2v) is 5.91. The minimum absolute atomic E-state index is 0. The predicted octanol–water partition coefficient (Wildman–Crippen LogP) is 1.98. The number of carboxylic acid groups (broad SMARTS) is 2. The number of unbranched alkanes of at least 4 members (excludes halogenated alkanes) is 11. The van der Waals surface area contributed by atoms with Gasteiger partial charge in [-0.15, -0.1) is 0 Å². The maximum atomic E-state index is 10.7. The quantitative estimate of drug-likeness (QED) is 0.274. The molecule has 0 aromatic rings. The maximum absolute atomic E-state index is 10.7. The van der Waals surface area contributed by atoms with Crippen molar-refractivity contribution in [2.24, 2.45) is 5.92 Å². The monoisotopic (exact) mass is 324 g/mol. The molecule has 0 aromatic carbocycles. The number of carboxylic acids is 2. The molecular weight excluding hydrogens is 291 g/mol. The normalized spacial score (nSPS) is 10.5. The van der Waals surface area contributed by atoms with Crippen molar-refractivity contribution in [3.63, 3.8) is 0 Å². The first-order chi connectivity index (χ1) is 10.1. The van der Waals surface area contributed by atoms with E-state index in [0.29, 0.717) is 6.42 Å². The number of hydrogen-bond acceptors (Lipinski definition) is 2. The van der Waals surface area contributed by atoms with E-state index < -0.39 is 17.9 Å². The van der Waals surface area contributed by atoms with Crippen LogP contribution in [0.1, 0.15) is 91.8 Å². The second-order valence-electron chi connectivity index (χ2n) is 5.91. The summed E-state index contributed by atoms with van der Waals surface area (Å²) in [7, 11) is 0. The molecule has 0 amide bonds. The van der Waals surface area contributed by atoms with Gasteiger partial charge >= 0.3 is 41.5 Å². The van der Waals surface area contributed by atoms with Crippen molar-refractivity contribution in [3.05, 3.63) is 0 Å². The van der Waals surface area contributed by atoms with Gasteiger partial charge in [-0.05, 0) is 6.42 Å². The first kappa shape index (κ1) is 24.2. The average molecular weight is 324 g/mol. The molecule has 0 atom stereocenters. The average Bonchev–Trinajstić information content (AvgIpc) is 2.43. The SMILES string of the molecule is CCCCCCCCCCCCCCC(C(=O)O)C(=O)O.[H-].[Na+]. The van der Waals surface area contributed by atoms with E-state index >= 15 is 0 Å². The molecule has 0 spiro atoms. The van der Waals surface area contributed by atoms with Gasteiger partial charge in [0.05, 0.1) is 0 Å². The Morgan fingerprint density at radius 2 is 1.05 bits per heavy atom. The molecule has 0 fully saturated rings. The summed E-state index contributed by atoms with van der Waals surface area (Å²) in [5.74, 6) is -3.66. The number of hydrogen-bond donors (Lipinski definition) is 2. The molecule has 2 N–H and O–H groups in total. The van der Waals surface area contributed by atoms with E-state index in [1.165, 1.54) is 57.8 Å². The molecule has 0 saturated carbocycles. The van der Waals surface area contributed by atoms with Gasteiger partial charge < -0.3 is 11.6 Å². The molecule has 0 radical (unpaired) electrons. The predicted molar refractivity (Wildman–Crippen MR) is 85.6 cm³/mol. The molecule has 4 nitrogen and oxygen atoms in total. The molecule has 0 saturated heterocycles. The molecular formula is C17H33NaO4. The van der Waals surface area contributed by atoms with E-state index in [4.69, 9.17) is 10.2 Å². The van der Waals surface area contributed by atoms with Crippen LogP contribution in [0.2, 0.25) is 0 Å². The zero-order valence-electron chi connectivity index (χ0n) is 15.5. The van der Waals surface area contributed by atoms with Crippen LogP contribution < -0.4 is 29.6 Å². The van der Waals surface area contributed by atoms with Crippen LogP contribution in [-0.4, -0.2) is 22.2 Å². The van der Waals surface area contributed by atoms with Crippen LogP contribution in [0.15, 0.2) is 0 Å². The van der Waals surface area contributed by atoms with Crippen LogP contribution in [0, 0.1) is 5.92 Å². The van der Waals surface area contributed by atoms with Gasteiger partial charge in [-0.25, -0.2) is 0 Å². The number of carbonyl (C=O) groups is 2. The van der Waals surface area contributed by atoms with E-state index in [2.05, 4.69) is 6.92 Å². The fourth-order valence-corrected chi connectivity index (χ4v) is 2.54. The summed E-state index contributed by atoms with van der Waals surface area (Å²) in [4.78, 5) is 21.4. The van der Waals surface area contributed by atoms with E-state index in [0.717, 1.165) is 12.8 Å². The van der Waals surface area contributed by atoms with Crippen LogP contribution in [0.5, 0.6) is 0 Å². The third-order valence-corrected chi connectivity index (χ3v) is 3.94. The van der Waals surface area contributed by atoms with Gasteiger partial charge in [-0.1, -0.05) is 84.0 Å². The number of aliphatic carboxylic acids is 2. The van der Waals surface area contributed by atoms with E-state index in [-0.39, 0.29) is 37.4 Å². The van der Waals surface area contributed by atoms with Crippen molar-refractivity contribution < 1.29 is 50.8 Å². The Hall–Kier alpha value is -0.0600. The molecule has 0 aliphatic rings. The smallest absolute Gasteiger partial charge is 1.00 e. The van der Waals surface area contributed by atoms with Crippen LogP contribution in [0.3, 0.4) is 0 Å². The van der Waals surface area contributed by atoms with Crippen molar-refractivity contribution in [2.75, 3.05) is 0 Å². The fourth-order valence-electron chi connectivity index (χ4n) is 2.54. The summed E-state index contributed by atoms with van der Waals surface area (Å²) >= 11 is 0. The Morgan fingerprint density at radius 3 is 1.36 bits per heavy atom. The largest absolute Gasteiger partial charge is 1.00 e. The van der Waals surface area contributed by atoms with E-state index in [9.17, 15) is 9.59 Å². The van der Waals surface area contributed by atoms with Gasteiger partial charge in [0.2, 0.25) is 0 Å². The minimum Gasteiger partial charge on any atom is -1.00 e. The summed E-state index contributed by atoms with van der Waals surface area (Å²) in [6.45, 7) is 2.23. The third kappa shape index (κ3) is 14.9. The molecule has 0 aliphatic carbocycles. The van der Waals surface area contributed by atoms with E-state index in [1.807, 2.05) is 0 Å². The first-order valence-corrected chi connectivity index (χ1v) is 8.55. The van der Waals surface area contributed by atoms with Crippen molar-refractivity contribution in [2.45, 2.75) is 90.4 Å². The maximum Gasteiger partial charge on any atom is 1.00 e. The Balaban J connectivity index is -0.00000200. The zero-order valence-corrected chi connectivity index (χ0v) is 16.5. The van der Waals surface area contributed by atoms with Crippen molar-refractivity contribution in [3.8, 4) is 0 Å². The topological polar surface area (TPSA) is 74.6 Å². The molecule has 126 valence electrons. The standard InChI is InChI=1S/C17H32O4.Na.H/c1-2-3-4-5-6-7-8-9-10-11-12-13-14-15(16(18)19)17(20)21;;/h15H,2-14H2,1H3,(H,18,19)(H,20,21);;/q;+1;-1. The zero-order chi connectivity index (χ0) is 15.9. The van der Waals surface area contributed by atoms with Gasteiger partial charge in [0.15, 0.2) is 5.92 Å². The van der Waals surface area contributed by atoms with Crippen LogP contribution in [-0.2, 0) is 9.59 Å². The summed E-state index contributed by atoms with van der Waals surface area (Å²) in [6.07, 6.45) is 14.7. The van der Waals surface area contributed by atoms with Gasteiger partial charge in [-0.3, -0.25) is 9.59 Å². The molecule has 22 heavy (non-hydrogen) atoms. The van der Waals surface area contributed by atoms with Crippen molar-refractivity contribution in [1.29, 1.82) is 0 Å². The summed E-state index contributed by atoms with van der Waals surface area (Å²) < 4.78 is 0. The first-order valence-electron chi connectivity index (χ1n) is 8.55. The summed E-state index contributed by atoms with van der Waals surface area (Å²) in [5.41, 5.74) is 0. The Bertz CT molecular complexity index is 274. The number of rotatable bonds is 15. The molecule has 0 unspecified atom stereocenters. The van der Waals surface area contributed by atoms with Gasteiger partial charge in [0, 0.05) is 0 Å². The van der Waals surface area contributed by atoms with Crippen LogP contribution in [0.25, 0.3) is 0 Å².